The number of rotatable bonds is 8. The minimum atomic E-state index is -0.375. The van der Waals surface area contributed by atoms with E-state index in [1.165, 1.54) is 7.11 Å². The zero-order valence-corrected chi connectivity index (χ0v) is 16.7. The summed E-state index contributed by atoms with van der Waals surface area (Å²) >= 11 is 0. The van der Waals surface area contributed by atoms with Gasteiger partial charge in [-0.2, -0.15) is 0 Å². The molecule has 7 nitrogen and oxygen atoms in total. The van der Waals surface area contributed by atoms with Crippen molar-refractivity contribution in [3.05, 3.63) is 36.5 Å². The Bertz CT molecular complexity index is 482. The fraction of sp³-hybridized carbons (Fsp3) is 0.526. The number of carbonyl (C=O) groups excluding carboxylic acids is 3. The second-order valence-corrected chi connectivity index (χ2v) is 5.25. The highest BCUT2D eigenvalue weighted by Crippen LogP contribution is 1.94. The Morgan fingerprint density at radius 1 is 0.808 bits per heavy atom. The van der Waals surface area contributed by atoms with E-state index in [0.717, 1.165) is 12.8 Å². The third-order valence-electron chi connectivity index (χ3n) is 2.31. The van der Waals surface area contributed by atoms with Crippen LogP contribution in [0.5, 0.6) is 0 Å². The highest BCUT2D eigenvalue weighted by atomic mass is 16.5. The Morgan fingerprint density at radius 2 is 1.19 bits per heavy atom. The first kappa shape index (κ1) is 28.4. The molecule has 0 rings (SSSR count). The van der Waals surface area contributed by atoms with Crippen molar-refractivity contribution in [3.8, 4) is 0 Å². The van der Waals surface area contributed by atoms with Crippen LogP contribution in [0.4, 0.5) is 0 Å². The highest BCUT2D eigenvalue weighted by molar-refractivity contribution is 5.87. The molecule has 0 saturated carbocycles. The summed E-state index contributed by atoms with van der Waals surface area (Å²) in [5, 5.41) is 0. The van der Waals surface area contributed by atoms with Gasteiger partial charge in [0.2, 0.25) is 0 Å². The van der Waals surface area contributed by atoms with Gasteiger partial charge in [-0.25, -0.2) is 14.4 Å². The predicted molar refractivity (Wildman–Crippen MR) is 102 cm³/mol. The van der Waals surface area contributed by atoms with Crippen LogP contribution in [0.25, 0.3) is 0 Å². The first-order valence-electron chi connectivity index (χ1n) is 8.14. The number of ether oxygens (including phenoxy) is 3. The lowest BCUT2D eigenvalue weighted by atomic mass is 10.3. The van der Waals surface area contributed by atoms with Gasteiger partial charge in [-0.1, -0.05) is 33.1 Å². The Kier molecular flexibility index (Phi) is 20.7. The van der Waals surface area contributed by atoms with E-state index in [2.05, 4.69) is 36.1 Å². The molecule has 0 bridgehead atoms. The molecule has 2 N–H and O–H groups in total. The summed E-state index contributed by atoms with van der Waals surface area (Å²) in [4.78, 5) is 31.4. The second kappa shape index (κ2) is 18.9. The average Bonchev–Trinajstić information content (AvgIpc) is 2.59. The minimum Gasteiger partial charge on any atom is -0.466 e. The van der Waals surface area contributed by atoms with Crippen LogP contribution in [0.1, 0.15) is 40.5 Å². The van der Waals surface area contributed by atoms with Gasteiger partial charge < -0.3 is 19.9 Å². The molecule has 0 atom stereocenters. The van der Waals surface area contributed by atoms with Gasteiger partial charge in [0.25, 0.3) is 0 Å². The maximum Gasteiger partial charge on any atom is 0.333 e. The number of hydrogen-bond donors (Lipinski definition) is 1. The molecule has 26 heavy (non-hydrogen) atoms. The molecule has 0 aromatic heterocycles. The molecule has 0 aliphatic heterocycles. The van der Waals surface area contributed by atoms with E-state index in [-0.39, 0.29) is 24.5 Å². The Labute approximate surface area is 156 Å². The Morgan fingerprint density at radius 3 is 1.42 bits per heavy atom. The number of esters is 3. The van der Waals surface area contributed by atoms with E-state index in [4.69, 9.17) is 10.5 Å². The van der Waals surface area contributed by atoms with Crippen molar-refractivity contribution in [3.63, 3.8) is 0 Å². The van der Waals surface area contributed by atoms with Crippen molar-refractivity contribution in [2.45, 2.75) is 40.5 Å². The van der Waals surface area contributed by atoms with E-state index in [1.54, 1.807) is 20.8 Å². The van der Waals surface area contributed by atoms with Gasteiger partial charge in [-0.3, -0.25) is 0 Å². The van der Waals surface area contributed by atoms with Crippen LogP contribution in [-0.2, 0) is 28.6 Å². The highest BCUT2D eigenvalue weighted by Gasteiger charge is 2.00. The van der Waals surface area contributed by atoms with Gasteiger partial charge >= 0.3 is 17.9 Å². The molecule has 0 aliphatic carbocycles. The van der Waals surface area contributed by atoms with Crippen molar-refractivity contribution < 1.29 is 28.6 Å². The number of carbonyl (C=O) groups is 3. The number of methoxy groups -OCH3 is 1. The average molecular weight is 371 g/mol. The van der Waals surface area contributed by atoms with Crippen molar-refractivity contribution >= 4 is 17.9 Å². The standard InChI is InChI=1S/C8H14O2.C6H11NO2.C5H8O2/c1-4-5-6-10-8(9)7(2)3;1-5(2)6(8)9-4-3-7;1-4(2)5(6)7-3/h2,4-6H2,1,3H3;1,3-4,7H2,2H3;1H2,2-3H3. The van der Waals surface area contributed by atoms with E-state index >= 15 is 0 Å². The van der Waals surface area contributed by atoms with Gasteiger partial charge in [0, 0.05) is 23.3 Å². The molecule has 0 spiro atoms. The van der Waals surface area contributed by atoms with Gasteiger partial charge in [-0.15, -0.1) is 0 Å². The van der Waals surface area contributed by atoms with E-state index < -0.39 is 0 Å². The van der Waals surface area contributed by atoms with Crippen molar-refractivity contribution in [1.82, 2.24) is 0 Å². The molecule has 0 heterocycles. The number of nitrogens with two attached hydrogens (primary N) is 1. The van der Waals surface area contributed by atoms with Crippen LogP contribution in [-0.4, -0.2) is 44.8 Å². The van der Waals surface area contributed by atoms with Gasteiger partial charge in [0.1, 0.15) is 6.61 Å². The lowest BCUT2D eigenvalue weighted by Crippen LogP contribution is -2.13. The first-order chi connectivity index (χ1) is 12.0. The monoisotopic (exact) mass is 371 g/mol. The van der Waals surface area contributed by atoms with Crippen LogP contribution in [0.3, 0.4) is 0 Å². The molecule has 0 amide bonds. The topological polar surface area (TPSA) is 105 Å². The molecule has 0 unspecified atom stereocenters. The summed E-state index contributed by atoms with van der Waals surface area (Å²) in [7, 11) is 1.33. The minimum absolute atomic E-state index is 0.270. The lowest BCUT2D eigenvalue weighted by Gasteiger charge is -2.01. The number of unbranched alkanes of at least 4 members (excludes halogenated alkanes) is 1. The van der Waals surface area contributed by atoms with Crippen LogP contribution < -0.4 is 5.73 Å². The third-order valence-corrected chi connectivity index (χ3v) is 2.31. The molecule has 150 valence electrons. The summed E-state index contributed by atoms with van der Waals surface area (Å²) < 4.78 is 13.7. The molecule has 0 aliphatic rings. The summed E-state index contributed by atoms with van der Waals surface area (Å²) in [5.74, 6) is -1.01. The molecule has 0 aromatic rings. The summed E-state index contributed by atoms with van der Waals surface area (Å²) in [6, 6.07) is 0. The zero-order valence-electron chi connectivity index (χ0n) is 16.7. The maximum atomic E-state index is 10.7. The van der Waals surface area contributed by atoms with Crippen LogP contribution in [0.15, 0.2) is 36.5 Å². The Hall–Kier alpha value is -2.41. The zero-order chi connectivity index (χ0) is 21.1. The molecule has 0 fully saturated rings. The van der Waals surface area contributed by atoms with Crippen molar-refractivity contribution in [1.29, 1.82) is 0 Å². The largest absolute Gasteiger partial charge is 0.466 e. The van der Waals surface area contributed by atoms with Gasteiger partial charge in [0.15, 0.2) is 0 Å². The lowest BCUT2D eigenvalue weighted by molar-refractivity contribution is -0.139. The molecule has 0 saturated heterocycles. The van der Waals surface area contributed by atoms with Crippen molar-refractivity contribution in [2.75, 3.05) is 26.9 Å². The van der Waals surface area contributed by atoms with E-state index in [9.17, 15) is 14.4 Å². The van der Waals surface area contributed by atoms with Crippen LogP contribution in [0.2, 0.25) is 0 Å². The fourth-order valence-corrected chi connectivity index (χ4v) is 0.881. The molecule has 0 radical (unpaired) electrons. The van der Waals surface area contributed by atoms with E-state index in [0.29, 0.717) is 29.9 Å². The summed E-state index contributed by atoms with van der Waals surface area (Å²) in [6.07, 6.45) is 1.97. The second-order valence-electron chi connectivity index (χ2n) is 5.25. The SMILES string of the molecule is C=C(C)C(=O)OC.C=C(C)C(=O)OCCCC.C=C(C)C(=O)OCCN. The smallest absolute Gasteiger partial charge is 0.333 e. The summed E-state index contributed by atoms with van der Waals surface area (Å²) in [6.45, 7) is 18.2. The van der Waals surface area contributed by atoms with Crippen LogP contribution in [0, 0.1) is 0 Å². The summed E-state index contributed by atoms with van der Waals surface area (Å²) in [5.41, 5.74) is 6.38. The van der Waals surface area contributed by atoms with Gasteiger partial charge in [0.05, 0.1) is 13.7 Å². The van der Waals surface area contributed by atoms with Gasteiger partial charge in [-0.05, 0) is 27.2 Å². The quantitative estimate of drug-likeness (QED) is 0.303. The van der Waals surface area contributed by atoms with Crippen LogP contribution >= 0.6 is 0 Å². The predicted octanol–water partition coefficient (Wildman–Crippen LogP) is 2.71. The number of hydrogen-bond acceptors (Lipinski definition) is 7. The fourth-order valence-electron chi connectivity index (χ4n) is 0.881. The normalized spacial score (nSPS) is 8.54. The van der Waals surface area contributed by atoms with Crippen molar-refractivity contribution in [2.24, 2.45) is 5.73 Å². The first-order valence-corrected chi connectivity index (χ1v) is 8.14. The molecule has 7 heteroatoms. The maximum absolute atomic E-state index is 10.7. The Balaban J connectivity index is -0.000000310. The molecular weight excluding hydrogens is 338 g/mol. The third kappa shape index (κ3) is 21.6. The molecular formula is C19H33NO6. The molecule has 0 aromatic carbocycles. The van der Waals surface area contributed by atoms with E-state index in [1.807, 2.05) is 0 Å².